The van der Waals surface area contributed by atoms with Crippen LogP contribution in [0.5, 0.6) is 0 Å². The summed E-state index contributed by atoms with van der Waals surface area (Å²) in [5.74, 6) is 0.176. The van der Waals surface area contributed by atoms with Gasteiger partial charge >= 0.3 is 0 Å². The summed E-state index contributed by atoms with van der Waals surface area (Å²) < 4.78 is 0. The second-order valence-corrected chi connectivity index (χ2v) is 8.71. The Bertz CT molecular complexity index is 564. The number of allylic oxidation sites excluding steroid dienone is 2. The first-order valence-corrected chi connectivity index (χ1v) is 9.83. The molecule has 0 aromatic heterocycles. The van der Waals surface area contributed by atoms with Gasteiger partial charge in [0, 0.05) is 26.1 Å². The molecule has 4 heteroatoms. The molecule has 0 aliphatic heterocycles. The highest BCUT2D eigenvalue weighted by atomic mass is 16.2. The number of fused-ring (bicyclic) bond motifs is 2. The maximum Gasteiger partial charge on any atom is 0.224 e. The van der Waals surface area contributed by atoms with Gasteiger partial charge in [-0.15, -0.1) is 0 Å². The minimum absolute atomic E-state index is 0.0307. The van der Waals surface area contributed by atoms with Gasteiger partial charge in [0.2, 0.25) is 11.8 Å². The molecule has 0 heterocycles. The average Bonchev–Trinajstić information content (AvgIpc) is 3.02. The molecule has 25 heavy (non-hydrogen) atoms. The zero-order valence-electron chi connectivity index (χ0n) is 17.1. The number of amides is 2. The van der Waals surface area contributed by atoms with Gasteiger partial charge < -0.3 is 10.2 Å². The highest BCUT2D eigenvalue weighted by molar-refractivity contribution is 5.86. The Morgan fingerprint density at radius 3 is 2.20 bits per heavy atom. The third-order valence-corrected chi connectivity index (χ3v) is 7.77. The van der Waals surface area contributed by atoms with Gasteiger partial charge in [0.05, 0.1) is 5.92 Å². The smallest absolute Gasteiger partial charge is 0.224 e. The van der Waals surface area contributed by atoms with Gasteiger partial charge in [0.1, 0.15) is 0 Å². The molecule has 142 valence electrons. The molecular formula is C21H36N2O2. The molecule has 4 unspecified atom stereocenters. The van der Waals surface area contributed by atoms with Gasteiger partial charge in [-0.05, 0) is 49.4 Å². The lowest BCUT2D eigenvalue weighted by Gasteiger charge is -2.53. The van der Waals surface area contributed by atoms with E-state index in [-0.39, 0.29) is 34.0 Å². The predicted molar refractivity (Wildman–Crippen MR) is 102 cm³/mol. The summed E-state index contributed by atoms with van der Waals surface area (Å²) in [4.78, 5) is 27.7. The minimum atomic E-state index is -0.299. The number of hydrogen-bond donors (Lipinski definition) is 1. The van der Waals surface area contributed by atoms with Crippen molar-refractivity contribution in [1.29, 1.82) is 0 Å². The quantitative estimate of drug-likeness (QED) is 0.714. The van der Waals surface area contributed by atoms with Gasteiger partial charge in [-0.3, -0.25) is 9.59 Å². The molecule has 2 amide bonds. The lowest BCUT2D eigenvalue weighted by Crippen LogP contribution is -2.53. The maximum atomic E-state index is 13.0. The van der Waals surface area contributed by atoms with Crippen LogP contribution in [-0.2, 0) is 9.59 Å². The molecule has 2 bridgehead atoms. The third kappa shape index (κ3) is 2.82. The zero-order valence-corrected chi connectivity index (χ0v) is 17.1. The maximum absolute atomic E-state index is 13.0. The van der Waals surface area contributed by atoms with Crippen molar-refractivity contribution in [2.24, 2.45) is 28.1 Å². The molecular weight excluding hydrogens is 312 g/mol. The Morgan fingerprint density at radius 1 is 1.16 bits per heavy atom. The van der Waals surface area contributed by atoms with E-state index in [0.717, 1.165) is 6.42 Å². The van der Waals surface area contributed by atoms with Crippen LogP contribution in [0.15, 0.2) is 12.2 Å². The van der Waals surface area contributed by atoms with E-state index in [1.165, 1.54) is 0 Å². The molecule has 0 saturated heterocycles. The molecule has 1 fully saturated rings. The first-order chi connectivity index (χ1) is 11.6. The third-order valence-electron chi connectivity index (χ3n) is 7.77. The van der Waals surface area contributed by atoms with E-state index in [4.69, 9.17) is 0 Å². The van der Waals surface area contributed by atoms with Crippen molar-refractivity contribution >= 4 is 11.8 Å². The average molecular weight is 349 g/mol. The molecule has 2 aliphatic carbocycles. The number of carbonyl (C=O) groups is 2. The largest absolute Gasteiger partial charge is 0.356 e. The second kappa shape index (κ2) is 6.77. The number of nitrogens with zero attached hydrogens (tertiary/aromatic N) is 1. The molecule has 4 nitrogen and oxygen atoms in total. The molecule has 2 rings (SSSR count). The Kier molecular flexibility index (Phi) is 5.42. The first kappa shape index (κ1) is 20.0. The van der Waals surface area contributed by atoms with Gasteiger partial charge in [0.15, 0.2) is 0 Å². The van der Waals surface area contributed by atoms with E-state index in [1.54, 1.807) is 0 Å². The van der Waals surface area contributed by atoms with Crippen molar-refractivity contribution in [1.82, 2.24) is 10.2 Å². The minimum Gasteiger partial charge on any atom is -0.356 e. The molecule has 0 spiro atoms. The predicted octanol–water partition coefficient (Wildman–Crippen LogP) is 3.63. The first-order valence-electron chi connectivity index (χ1n) is 9.83. The van der Waals surface area contributed by atoms with Crippen LogP contribution in [0.4, 0.5) is 0 Å². The van der Waals surface area contributed by atoms with Crippen LogP contribution in [0.3, 0.4) is 0 Å². The SMILES string of the molecule is CCNC(=O)C(CC(=O)N(CC)CC)C1(C)C2C=CC(C)(C2)C1(C)C. The number of carbonyl (C=O) groups excluding carboxylic acids is 2. The molecule has 0 aromatic carbocycles. The summed E-state index contributed by atoms with van der Waals surface area (Å²) in [5.41, 5.74) is -0.174. The molecule has 0 aromatic rings. The summed E-state index contributed by atoms with van der Waals surface area (Å²) in [6, 6.07) is 0. The number of hydrogen-bond acceptors (Lipinski definition) is 2. The van der Waals surface area contributed by atoms with Crippen LogP contribution in [0, 0.1) is 28.1 Å². The number of nitrogens with one attached hydrogen (secondary N) is 1. The summed E-state index contributed by atoms with van der Waals surface area (Å²) in [6.07, 6.45) is 6.00. The standard InChI is InChI=1S/C21H36N2O2/c1-8-22-18(25)16(13-17(24)23(9-2)10-3)21(7)15-11-12-20(6,14-15)19(21,4)5/h11-12,15-16H,8-10,13-14H2,1-7H3,(H,22,25). The lowest BCUT2D eigenvalue weighted by atomic mass is 9.51. The summed E-state index contributed by atoms with van der Waals surface area (Å²) in [6.45, 7) is 17.0. The van der Waals surface area contributed by atoms with E-state index < -0.39 is 0 Å². The zero-order chi connectivity index (χ0) is 19.0. The van der Waals surface area contributed by atoms with E-state index in [0.29, 0.717) is 32.0 Å². The van der Waals surface area contributed by atoms with Crippen molar-refractivity contribution in [2.75, 3.05) is 19.6 Å². The van der Waals surface area contributed by atoms with Crippen molar-refractivity contribution in [3.63, 3.8) is 0 Å². The Balaban J connectivity index is 2.41. The van der Waals surface area contributed by atoms with Crippen LogP contribution in [0.2, 0.25) is 0 Å². The normalized spacial score (nSPS) is 33.3. The lowest BCUT2D eigenvalue weighted by molar-refractivity contribution is -0.144. The number of rotatable bonds is 7. The van der Waals surface area contributed by atoms with Crippen LogP contribution in [-0.4, -0.2) is 36.3 Å². The summed E-state index contributed by atoms with van der Waals surface area (Å²) in [5, 5.41) is 3.00. The van der Waals surface area contributed by atoms with Gasteiger partial charge in [-0.25, -0.2) is 0 Å². The van der Waals surface area contributed by atoms with Gasteiger partial charge in [-0.2, -0.15) is 0 Å². The van der Waals surface area contributed by atoms with Crippen LogP contribution >= 0.6 is 0 Å². The Morgan fingerprint density at radius 2 is 1.76 bits per heavy atom. The fourth-order valence-corrected chi connectivity index (χ4v) is 5.32. The van der Waals surface area contributed by atoms with E-state index in [1.807, 2.05) is 25.7 Å². The van der Waals surface area contributed by atoms with E-state index in [2.05, 4.69) is 45.2 Å². The molecule has 0 radical (unpaired) electrons. The van der Waals surface area contributed by atoms with Gasteiger partial charge in [0.25, 0.3) is 0 Å². The Hall–Kier alpha value is -1.32. The van der Waals surface area contributed by atoms with Crippen molar-refractivity contribution < 1.29 is 9.59 Å². The summed E-state index contributed by atoms with van der Waals surface area (Å²) >= 11 is 0. The van der Waals surface area contributed by atoms with Gasteiger partial charge in [-0.1, -0.05) is 39.8 Å². The summed E-state index contributed by atoms with van der Waals surface area (Å²) in [7, 11) is 0. The fraction of sp³-hybridized carbons (Fsp3) is 0.810. The monoisotopic (exact) mass is 348 g/mol. The highest BCUT2D eigenvalue weighted by Gasteiger charge is 2.67. The topological polar surface area (TPSA) is 49.4 Å². The van der Waals surface area contributed by atoms with Crippen LogP contribution in [0.25, 0.3) is 0 Å². The fourth-order valence-electron chi connectivity index (χ4n) is 5.32. The van der Waals surface area contributed by atoms with Crippen LogP contribution < -0.4 is 5.32 Å². The van der Waals surface area contributed by atoms with E-state index in [9.17, 15) is 9.59 Å². The van der Waals surface area contributed by atoms with Crippen molar-refractivity contribution in [3.05, 3.63) is 12.2 Å². The van der Waals surface area contributed by atoms with Crippen molar-refractivity contribution in [2.45, 2.75) is 61.3 Å². The molecule has 1 saturated carbocycles. The molecule has 1 N–H and O–H groups in total. The second-order valence-electron chi connectivity index (χ2n) is 8.71. The highest BCUT2D eigenvalue weighted by Crippen LogP contribution is 2.72. The van der Waals surface area contributed by atoms with Crippen LogP contribution in [0.1, 0.15) is 61.3 Å². The van der Waals surface area contributed by atoms with Crippen molar-refractivity contribution in [3.8, 4) is 0 Å². The molecule has 2 aliphatic rings. The Labute approximate surface area is 153 Å². The van der Waals surface area contributed by atoms with E-state index >= 15 is 0 Å². The molecule has 4 atom stereocenters.